The number of rotatable bonds is 4. The fourth-order valence-corrected chi connectivity index (χ4v) is 4.44. The van der Waals surface area contributed by atoms with Crippen LogP contribution in [0.15, 0.2) is 0 Å². The van der Waals surface area contributed by atoms with Crippen LogP contribution in [-0.2, 0) is 9.59 Å². The SMILES string of the molecule is CC(=O)NC1CCC(C(C)C)CC1.CC(=O)NC1CCC(C(C)C)CC1. The molecule has 2 aliphatic rings. The van der Waals surface area contributed by atoms with Gasteiger partial charge in [0.25, 0.3) is 0 Å². The van der Waals surface area contributed by atoms with Gasteiger partial charge in [0.2, 0.25) is 11.8 Å². The van der Waals surface area contributed by atoms with E-state index in [0.29, 0.717) is 12.1 Å². The topological polar surface area (TPSA) is 58.2 Å². The Labute approximate surface area is 161 Å². The molecule has 2 saturated carbocycles. The van der Waals surface area contributed by atoms with Crippen molar-refractivity contribution in [2.45, 2.75) is 105 Å². The molecule has 0 unspecified atom stereocenters. The van der Waals surface area contributed by atoms with Crippen LogP contribution in [-0.4, -0.2) is 23.9 Å². The second-order valence-corrected chi connectivity index (χ2v) is 9.11. The Morgan fingerprint density at radius 1 is 0.615 bits per heavy atom. The van der Waals surface area contributed by atoms with E-state index in [-0.39, 0.29) is 11.8 Å². The van der Waals surface area contributed by atoms with Crippen molar-refractivity contribution in [3.63, 3.8) is 0 Å². The van der Waals surface area contributed by atoms with E-state index in [1.807, 2.05) is 0 Å². The third-order valence-corrected chi connectivity index (χ3v) is 6.24. The van der Waals surface area contributed by atoms with Gasteiger partial charge in [-0.25, -0.2) is 0 Å². The number of amides is 2. The van der Waals surface area contributed by atoms with Crippen molar-refractivity contribution >= 4 is 11.8 Å². The molecule has 2 aliphatic carbocycles. The number of nitrogens with one attached hydrogen (secondary N) is 2. The Hall–Kier alpha value is -1.06. The van der Waals surface area contributed by atoms with E-state index in [1.165, 1.54) is 51.4 Å². The Morgan fingerprint density at radius 2 is 0.885 bits per heavy atom. The van der Waals surface area contributed by atoms with Gasteiger partial charge in [0, 0.05) is 25.9 Å². The van der Waals surface area contributed by atoms with Gasteiger partial charge in [-0.15, -0.1) is 0 Å². The molecular weight excluding hydrogens is 324 g/mol. The van der Waals surface area contributed by atoms with Gasteiger partial charge in [-0.3, -0.25) is 9.59 Å². The quantitative estimate of drug-likeness (QED) is 0.759. The van der Waals surface area contributed by atoms with Crippen LogP contribution in [0.25, 0.3) is 0 Å². The molecule has 152 valence electrons. The molecule has 0 aromatic rings. The molecule has 0 saturated heterocycles. The van der Waals surface area contributed by atoms with Crippen LogP contribution in [0, 0.1) is 23.7 Å². The maximum absolute atomic E-state index is 10.8. The van der Waals surface area contributed by atoms with Gasteiger partial charge in [0.1, 0.15) is 0 Å². The van der Waals surface area contributed by atoms with Crippen LogP contribution in [0.1, 0.15) is 92.9 Å². The summed E-state index contributed by atoms with van der Waals surface area (Å²) in [5.41, 5.74) is 0. The zero-order chi connectivity index (χ0) is 19.7. The van der Waals surface area contributed by atoms with Gasteiger partial charge in [-0.05, 0) is 75.0 Å². The number of hydrogen-bond donors (Lipinski definition) is 2. The van der Waals surface area contributed by atoms with E-state index in [2.05, 4.69) is 38.3 Å². The molecule has 0 aromatic carbocycles. The standard InChI is InChI=1S/2C11H21NO/c2*1-8(2)10-4-6-11(7-5-10)12-9(3)13/h2*8,10-11H,4-7H2,1-3H3,(H,12,13). The second-order valence-electron chi connectivity index (χ2n) is 9.11. The average Bonchev–Trinajstić information content (AvgIpc) is 2.55. The summed E-state index contributed by atoms with van der Waals surface area (Å²) in [6.45, 7) is 12.4. The summed E-state index contributed by atoms with van der Waals surface area (Å²) in [6.07, 6.45) is 9.80. The highest BCUT2D eigenvalue weighted by Crippen LogP contribution is 2.30. The molecule has 4 nitrogen and oxygen atoms in total. The Morgan fingerprint density at radius 3 is 1.08 bits per heavy atom. The molecule has 2 N–H and O–H groups in total. The summed E-state index contributed by atoms with van der Waals surface area (Å²) in [5, 5.41) is 6.00. The molecule has 0 heterocycles. The minimum atomic E-state index is 0.119. The highest BCUT2D eigenvalue weighted by Gasteiger charge is 2.24. The van der Waals surface area contributed by atoms with Crippen molar-refractivity contribution in [1.29, 1.82) is 0 Å². The molecule has 0 aliphatic heterocycles. The van der Waals surface area contributed by atoms with E-state index in [1.54, 1.807) is 13.8 Å². The molecule has 0 atom stereocenters. The number of carbonyl (C=O) groups is 2. The molecular formula is C22H42N2O2. The first-order valence-corrected chi connectivity index (χ1v) is 10.7. The molecule has 2 fully saturated rings. The first-order chi connectivity index (χ1) is 12.2. The molecule has 0 radical (unpaired) electrons. The third kappa shape index (κ3) is 9.05. The summed E-state index contributed by atoms with van der Waals surface area (Å²) in [7, 11) is 0. The van der Waals surface area contributed by atoms with Crippen LogP contribution < -0.4 is 10.6 Å². The second kappa shape index (κ2) is 11.6. The monoisotopic (exact) mass is 366 g/mol. The van der Waals surface area contributed by atoms with Gasteiger partial charge in [-0.1, -0.05) is 27.7 Å². The van der Waals surface area contributed by atoms with Crippen LogP contribution >= 0.6 is 0 Å². The Bertz CT molecular complexity index is 378. The molecule has 0 bridgehead atoms. The zero-order valence-corrected chi connectivity index (χ0v) is 17.9. The zero-order valence-electron chi connectivity index (χ0n) is 17.9. The first kappa shape index (κ1) is 23.0. The number of hydrogen-bond acceptors (Lipinski definition) is 2. The van der Waals surface area contributed by atoms with Crippen LogP contribution in [0.3, 0.4) is 0 Å². The van der Waals surface area contributed by atoms with Crippen LogP contribution in [0.4, 0.5) is 0 Å². The normalized spacial score (nSPS) is 28.9. The third-order valence-electron chi connectivity index (χ3n) is 6.24. The van der Waals surface area contributed by atoms with Crippen molar-refractivity contribution in [2.24, 2.45) is 23.7 Å². The lowest BCUT2D eigenvalue weighted by Crippen LogP contribution is -2.36. The largest absolute Gasteiger partial charge is 0.354 e. The molecule has 26 heavy (non-hydrogen) atoms. The lowest BCUT2D eigenvalue weighted by Gasteiger charge is -2.31. The molecule has 2 rings (SSSR count). The average molecular weight is 367 g/mol. The molecule has 0 spiro atoms. The first-order valence-electron chi connectivity index (χ1n) is 10.7. The van der Waals surface area contributed by atoms with E-state index >= 15 is 0 Å². The number of carbonyl (C=O) groups excluding carboxylic acids is 2. The highest BCUT2D eigenvalue weighted by atomic mass is 16.2. The smallest absolute Gasteiger partial charge is 0.217 e. The van der Waals surface area contributed by atoms with E-state index < -0.39 is 0 Å². The van der Waals surface area contributed by atoms with Crippen molar-refractivity contribution in [3.8, 4) is 0 Å². The predicted molar refractivity (Wildman–Crippen MR) is 109 cm³/mol. The van der Waals surface area contributed by atoms with Crippen molar-refractivity contribution < 1.29 is 9.59 Å². The summed E-state index contributed by atoms with van der Waals surface area (Å²) in [4.78, 5) is 21.6. The molecule has 2 amide bonds. The summed E-state index contributed by atoms with van der Waals surface area (Å²) >= 11 is 0. The molecule has 0 aromatic heterocycles. The summed E-state index contributed by atoms with van der Waals surface area (Å²) in [5.74, 6) is 3.60. The van der Waals surface area contributed by atoms with Crippen LogP contribution in [0.2, 0.25) is 0 Å². The lowest BCUT2D eigenvalue weighted by atomic mass is 9.80. The lowest BCUT2D eigenvalue weighted by molar-refractivity contribution is -0.120. The Kier molecular flexibility index (Phi) is 10.3. The van der Waals surface area contributed by atoms with Gasteiger partial charge in [0.05, 0.1) is 0 Å². The van der Waals surface area contributed by atoms with Crippen molar-refractivity contribution in [1.82, 2.24) is 10.6 Å². The highest BCUT2D eigenvalue weighted by molar-refractivity contribution is 5.73. The minimum absolute atomic E-state index is 0.119. The van der Waals surface area contributed by atoms with Crippen molar-refractivity contribution in [3.05, 3.63) is 0 Å². The predicted octanol–water partition coefficient (Wildman–Crippen LogP) is 4.67. The van der Waals surface area contributed by atoms with E-state index in [0.717, 1.165) is 23.7 Å². The van der Waals surface area contributed by atoms with Crippen LogP contribution in [0.5, 0.6) is 0 Å². The van der Waals surface area contributed by atoms with E-state index in [4.69, 9.17) is 0 Å². The van der Waals surface area contributed by atoms with Gasteiger partial charge in [0.15, 0.2) is 0 Å². The summed E-state index contributed by atoms with van der Waals surface area (Å²) < 4.78 is 0. The van der Waals surface area contributed by atoms with Gasteiger partial charge < -0.3 is 10.6 Å². The summed E-state index contributed by atoms with van der Waals surface area (Å²) in [6, 6.07) is 0.903. The maximum Gasteiger partial charge on any atom is 0.217 e. The minimum Gasteiger partial charge on any atom is -0.354 e. The maximum atomic E-state index is 10.8. The van der Waals surface area contributed by atoms with Gasteiger partial charge >= 0.3 is 0 Å². The van der Waals surface area contributed by atoms with E-state index in [9.17, 15) is 9.59 Å². The van der Waals surface area contributed by atoms with Gasteiger partial charge in [-0.2, -0.15) is 0 Å². The van der Waals surface area contributed by atoms with Crippen molar-refractivity contribution in [2.75, 3.05) is 0 Å². The molecule has 4 heteroatoms. The Balaban J connectivity index is 0.000000260. The fraction of sp³-hybridized carbons (Fsp3) is 0.909. The fourth-order valence-electron chi connectivity index (χ4n) is 4.44.